The number of ether oxygens (including phenoxy) is 1. The molecule has 0 spiro atoms. The molecule has 1 aromatic heterocycles. The van der Waals surface area contributed by atoms with Gasteiger partial charge >= 0.3 is 0 Å². The first-order valence-corrected chi connectivity index (χ1v) is 15.4. The van der Waals surface area contributed by atoms with Crippen molar-refractivity contribution in [3.05, 3.63) is 157 Å². The van der Waals surface area contributed by atoms with Crippen molar-refractivity contribution in [3.8, 4) is 33.7 Å². The molecule has 0 fully saturated rings. The van der Waals surface area contributed by atoms with Crippen LogP contribution in [0.15, 0.2) is 157 Å². The highest BCUT2D eigenvalue weighted by Crippen LogP contribution is 2.43. The number of aromatic nitrogens is 1. The smallest absolute Gasteiger partial charge is 0.144 e. The molecule has 7 aromatic rings. The maximum atomic E-state index is 6.18. The van der Waals surface area contributed by atoms with Crippen LogP contribution in [-0.2, 0) is 0 Å². The maximum Gasteiger partial charge on any atom is 0.144 e. The number of dihydropyridines is 1. The summed E-state index contributed by atoms with van der Waals surface area (Å²) in [5, 5.41) is 6.14. The van der Waals surface area contributed by atoms with Crippen LogP contribution in [0.5, 0.6) is 5.75 Å². The molecule has 0 saturated carbocycles. The fourth-order valence-electron chi connectivity index (χ4n) is 6.84. The lowest BCUT2D eigenvalue weighted by molar-refractivity contribution is 0.257. The van der Waals surface area contributed by atoms with Crippen LogP contribution in [0.25, 0.3) is 49.7 Å². The minimum atomic E-state index is -0.0296. The van der Waals surface area contributed by atoms with Crippen LogP contribution in [-0.4, -0.2) is 16.9 Å². The number of nitrogens with one attached hydrogen (secondary N) is 1. The first-order chi connectivity index (χ1) is 22.3. The summed E-state index contributed by atoms with van der Waals surface area (Å²) in [4.78, 5) is 4.73. The van der Waals surface area contributed by atoms with E-state index in [-0.39, 0.29) is 12.1 Å². The molecular formula is C41H29N3O. The van der Waals surface area contributed by atoms with Crippen LogP contribution in [0.3, 0.4) is 0 Å². The van der Waals surface area contributed by atoms with E-state index in [2.05, 4.69) is 155 Å². The van der Waals surface area contributed by atoms with Gasteiger partial charge in [0.2, 0.25) is 0 Å². The zero-order valence-electron chi connectivity index (χ0n) is 24.5. The standard InChI is InChI=1S/C41H29N3O/c1-2-10-27(11-3-1)32-14-4-6-16-36(32)43-30-13-8-12-28(24-30)29-19-21-38-34(25-29)33-15-5-7-17-37(33)44(38)31-20-22-39-35(26-31)41-40(45-39)18-9-23-42-41/h1-26,40-41,43H. The molecule has 0 amide bonds. The molecule has 9 rings (SSSR count). The van der Waals surface area contributed by atoms with Crippen molar-refractivity contribution < 1.29 is 4.74 Å². The number of allylic oxidation sites excluding steroid dienone is 1. The molecule has 2 aliphatic heterocycles. The van der Waals surface area contributed by atoms with E-state index in [1.165, 1.54) is 44.1 Å². The summed E-state index contributed by atoms with van der Waals surface area (Å²) in [5.41, 5.74) is 11.5. The minimum absolute atomic E-state index is 0.00480. The largest absolute Gasteiger partial charge is 0.483 e. The minimum Gasteiger partial charge on any atom is -0.483 e. The van der Waals surface area contributed by atoms with Crippen molar-refractivity contribution in [1.82, 2.24) is 4.57 Å². The Labute approximate surface area is 261 Å². The highest BCUT2D eigenvalue weighted by Gasteiger charge is 2.33. The van der Waals surface area contributed by atoms with Gasteiger partial charge in [-0.25, -0.2) is 0 Å². The summed E-state index contributed by atoms with van der Waals surface area (Å²) in [6, 6.07) is 49.6. The Kier molecular flexibility index (Phi) is 5.91. The van der Waals surface area contributed by atoms with E-state index in [4.69, 9.17) is 9.73 Å². The molecule has 2 unspecified atom stereocenters. The van der Waals surface area contributed by atoms with Gasteiger partial charge in [-0.15, -0.1) is 0 Å². The number of hydrogen-bond acceptors (Lipinski definition) is 3. The van der Waals surface area contributed by atoms with E-state index in [0.717, 1.165) is 28.4 Å². The second-order valence-corrected chi connectivity index (χ2v) is 11.6. The van der Waals surface area contributed by atoms with Crippen molar-refractivity contribution in [2.45, 2.75) is 12.1 Å². The lowest BCUT2D eigenvalue weighted by Gasteiger charge is -2.14. The van der Waals surface area contributed by atoms with Crippen LogP contribution >= 0.6 is 0 Å². The summed E-state index contributed by atoms with van der Waals surface area (Å²) in [7, 11) is 0. The Balaban J connectivity index is 1.11. The number of nitrogens with zero attached hydrogens (tertiary/aromatic N) is 2. The Morgan fingerprint density at radius 3 is 2.38 bits per heavy atom. The summed E-state index contributed by atoms with van der Waals surface area (Å²) < 4.78 is 8.55. The van der Waals surface area contributed by atoms with Gasteiger partial charge in [-0.05, 0) is 83.4 Å². The molecule has 4 nitrogen and oxygen atoms in total. The molecule has 1 N–H and O–H groups in total. The average molecular weight is 580 g/mol. The molecule has 2 atom stereocenters. The van der Waals surface area contributed by atoms with Crippen molar-refractivity contribution in [1.29, 1.82) is 0 Å². The van der Waals surface area contributed by atoms with Crippen molar-refractivity contribution >= 4 is 39.4 Å². The highest BCUT2D eigenvalue weighted by molar-refractivity contribution is 6.10. The Morgan fingerprint density at radius 2 is 1.42 bits per heavy atom. The molecule has 0 bridgehead atoms. The molecular weight excluding hydrogens is 550 g/mol. The normalized spacial score (nSPS) is 16.4. The molecule has 45 heavy (non-hydrogen) atoms. The van der Waals surface area contributed by atoms with Gasteiger partial charge < -0.3 is 14.6 Å². The lowest BCUT2D eigenvalue weighted by atomic mass is 10.0. The monoisotopic (exact) mass is 579 g/mol. The SMILES string of the molecule is C1=CC2Oc3ccc(-n4c5ccccc5c5cc(-c6cccc(Nc7ccccc7-c7ccccc7)c6)ccc54)cc3C2N=C1. The molecule has 6 aromatic carbocycles. The number of fused-ring (bicyclic) bond motifs is 6. The molecule has 2 aliphatic rings. The number of para-hydroxylation sites is 2. The second kappa shape index (κ2) is 10.4. The number of anilines is 2. The Morgan fingerprint density at radius 1 is 0.622 bits per heavy atom. The maximum absolute atomic E-state index is 6.18. The summed E-state index contributed by atoms with van der Waals surface area (Å²) in [5.74, 6) is 0.917. The first-order valence-electron chi connectivity index (χ1n) is 15.4. The van der Waals surface area contributed by atoms with Crippen LogP contribution in [0.4, 0.5) is 11.4 Å². The van der Waals surface area contributed by atoms with Crippen LogP contribution < -0.4 is 10.1 Å². The van der Waals surface area contributed by atoms with Gasteiger partial charge in [-0.1, -0.05) is 84.9 Å². The van der Waals surface area contributed by atoms with Gasteiger partial charge in [0.05, 0.1) is 11.0 Å². The van der Waals surface area contributed by atoms with Gasteiger partial charge in [0.25, 0.3) is 0 Å². The summed E-state index contributed by atoms with van der Waals surface area (Å²) >= 11 is 0. The van der Waals surface area contributed by atoms with Crippen molar-refractivity contribution in [3.63, 3.8) is 0 Å². The Bertz CT molecular complexity index is 2300. The predicted molar refractivity (Wildman–Crippen MR) is 186 cm³/mol. The van der Waals surface area contributed by atoms with Crippen molar-refractivity contribution in [2.75, 3.05) is 5.32 Å². The second-order valence-electron chi connectivity index (χ2n) is 11.6. The first kappa shape index (κ1) is 25.6. The fourth-order valence-corrected chi connectivity index (χ4v) is 6.84. The van der Waals surface area contributed by atoms with E-state index in [0.29, 0.717) is 0 Å². The van der Waals surface area contributed by atoms with Gasteiger partial charge in [-0.3, -0.25) is 4.99 Å². The van der Waals surface area contributed by atoms with E-state index >= 15 is 0 Å². The Hall–Kier alpha value is -5.87. The average Bonchev–Trinajstić information content (AvgIpc) is 3.64. The van der Waals surface area contributed by atoms with Gasteiger partial charge in [0.15, 0.2) is 0 Å². The van der Waals surface area contributed by atoms with Crippen LogP contribution in [0, 0.1) is 0 Å². The third-order valence-corrected chi connectivity index (χ3v) is 8.94. The third-order valence-electron chi connectivity index (χ3n) is 8.94. The third kappa shape index (κ3) is 4.34. The van der Waals surface area contributed by atoms with Gasteiger partial charge in [0, 0.05) is 45.2 Å². The van der Waals surface area contributed by atoms with Crippen molar-refractivity contribution in [2.24, 2.45) is 4.99 Å². The van der Waals surface area contributed by atoms with E-state index in [9.17, 15) is 0 Å². The summed E-state index contributed by atoms with van der Waals surface area (Å²) in [6.45, 7) is 0. The molecule has 214 valence electrons. The number of aliphatic imine (C=N–C) groups is 1. The van der Waals surface area contributed by atoms with Crippen LogP contribution in [0.1, 0.15) is 11.6 Å². The van der Waals surface area contributed by atoms with E-state index in [1.807, 2.05) is 12.3 Å². The molecule has 0 saturated heterocycles. The lowest BCUT2D eigenvalue weighted by Crippen LogP contribution is -2.16. The molecule has 3 heterocycles. The fraction of sp³-hybridized carbons (Fsp3) is 0.0488. The number of benzene rings is 6. The number of hydrogen-bond donors (Lipinski definition) is 1. The van der Waals surface area contributed by atoms with Gasteiger partial charge in [0.1, 0.15) is 17.9 Å². The molecule has 0 radical (unpaired) electrons. The number of rotatable bonds is 5. The molecule has 0 aliphatic carbocycles. The topological polar surface area (TPSA) is 38.5 Å². The quantitative estimate of drug-likeness (QED) is 0.220. The highest BCUT2D eigenvalue weighted by atomic mass is 16.5. The zero-order valence-corrected chi connectivity index (χ0v) is 24.5. The molecule has 4 heteroatoms. The summed E-state index contributed by atoms with van der Waals surface area (Å²) in [6.07, 6.45) is 5.90. The zero-order chi connectivity index (χ0) is 29.7. The van der Waals surface area contributed by atoms with E-state index in [1.54, 1.807) is 0 Å². The van der Waals surface area contributed by atoms with Gasteiger partial charge in [-0.2, -0.15) is 0 Å². The predicted octanol–water partition coefficient (Wildman–Crippen LogP) is 10.3. The van der Waals surface area contributed by atoms with Crippen LogP contribution in [0.2, 0.25) is 0 Å². The van der Waals surface area contributed by atoms with E-state index < -0.39 is 0 Å².